The van der Waals surface area contributed by atoms with E-state index in [0.717, 1.165) is 34.8 Å². The van der Waals surface area contributed by atoms with Crippen molar-refractivity contribution in [2.45, 2.75) is 25.4 Å². The summed E-state index contributed by atoms with van der Waals surface area (Å²) in [5, 5.41) is 12.9. The van der Waals surface area contributed by atoms with Crippen molar-refractivity contribution in [3.8, 4) is 11.5 Å². The Kier molecular flexibility index (Phi) is 10.5. The molecule has 0 aliphatic rings. The second-order valence-electron chi connectivity index (χ2n) is 9.51. The van der Waals surface area contributed by atoms with Gasteiger partial charge >= 0.3 is 18.2 Å². The molecular weight excluding hydrogens is 579 g/mol. The van der Waals surface area contributed by atoms with Crippen LogP contribution in [0, 0.1) is 0 Å². The molecule has 1 unspecified atom stereocenters. The number of amides is 3. The maximum absolute atomic E-state index is 13.3. The van der Waals surface area contributed by atoms with Crippen LogP contribution in [0.1, 0.15) is 27.0 Å². The summed E-state index contributed by atoms with van der Waals surface area (Å²) in [5.74, 6) is -1.27. The average molecular weight is 608 g/mol. The molecule has 0 bridgehead atoms. The zero-order chi connectivity index (χ0) is 31.5. The van der Waals surface area contributed by atoms with E-state index in [9.17, 15) is 32.7 Å². The van der Waals surface area contributed by atoms with E-state index >= 15 is 0 Å². The predicted octanol–water partition coefficient (Wildman–Crippen LogP) is 6.02. The van der Waals surface area contributed by atoms with Gasteiger partial charge in [-0.2, -0.15) is 13.2 Å². The van der Waals surface area contributed by atoms with Gasteiger partial charge in [-0.1, -0.05) is 60.7 Å². The van der Waals surface area contributed by atoms with Crippen LogP contribution in [-0.2, 0) is 28.9 Å². The van der Waals surface area contributed by atoms with Crippen molar-refractivity contribution >= 4 is 17.9 Å². The minimum absolute atomic E-state index is 0.100. The van der Waals surface area contributed by atoms with E-state index in [1.54, 1.807) is 72.8 Å². The van der Waals surface area contributed by atoms with Crippen molar-refractivity contribution in [3.05, 3.63) is 131 Å². The fraction of sp³-hybridized carbons (Fsp3) is 0.156. The second-order valence-corrected chi connectivity index (χ2v) is 9.51. The summed E-state index contributed by atoms with van der Waals surface area (Å²) in [6, 6.07) is 25.5. The zero-order valence-electron chi connectivity index (χ0n) is 23.2. The normalized spacial score (nSPS) is 11.7. The fourth-order valence-electron chi connectivity index (χ4n) is 3.94. The van der Waals surface area contributed by atoms with Gasteiger partial charge in [-0.05, 0) is 59.7 Å². The van der Waals surface area contributed by atoms with Crippen molar-refractivity contribution in [2.75, 3.05) is 6.61 Å². The van der Waals surface area contributed by atoms with Crippen LogP contribution < -0.4 is 15.5 Å². The molecule has 0 aromatic heterocycles. The number of alkyl halides is 3. The first-order chi connectivity index (χ1) is 21.1. The van der Waals surface area contributed by atoms with Gasteiger partial charge in [0.05, 0.1) is 25.3 Å². The molecule has 228 valence electrons. The first-order valence-electron chi connectivity index (χ1n) is 13.3. The van der Waals surface area contributed by atoms with Crippen molar-refractivity contribution in [3.63, 3.8) is 0 Å². The smallest absolute Gasteiger partial charge is 0.416 e. The maximum atomic E-state index is 13.3. The van der Waals surface area contributed by atoms with Crippen molar-refractivity contribution < 1.29 is 42.1 Å². The van der Waals surface area contributed by atoms with Crippen molar-refractivity contribution in [1.29, 1.82) is 0 Å². The average Bonchev–Trinajstić information content (AvgIpc) is 3.01. The number of hydrogen-bond donors (Lipinski definition) is 3. The molecule has 4 rings (SSSR count). The molecule has 0 heterocycles. The topological polar surface area (TPSA) is 117 Å². The molecule has 0 aliphatic carbocycles. The Bertz CT molecular complexity index is 1550. The molecule has 0 saturated carbocycles. The van der Waals surface area contributed by atoms with E-state index in [1.807, 2.05) is 12.1 Å². The minimum atomic E-state index is -4.60. The predicted molar refractivity (Wildman–Crippen MR) is 153 cm³/mol. The molecule has 0 spiro atoms. The molecule has 4 aromatic carbocycles. The summed E-state index contributed by atoms with van der Waals surface area (Å²) >= 11 is 0. The van der Waals surface area contributed by atoms with E-state index in [0.29, 0.717) is 17.1 Å². The van der Waals surface area contributed by atoms with Crippen LogP contribution in [0.4, 0.5) is 18.0 Å². The van der Waals surface area contributed by atoms with Crippen LogP contribution in [0.5, 0.6) is 11.5 Å². The number of carbonyl (C=O) groups excluding carboxylic acids is 2. The third-order valence-electron chi connectivity index (χ3n) is 6.17. The minimum Gasteiger partial charge on any atom is -0.480 e. The number of ether oxygens (including phenoxy) is 2. The highest BCUT2D eigenvalue weighted by molar-refractivity contribution is 5.95. The molecule has 0 aliphatic heterocycles. The number of hydrazine groups is 1. The number of halogens is 3. The Morgan fingerprint density at radius 2 is 1.41 bits per heavy atom. The molecular formula is C32H28F3N3O6. The monoisotopic (exact) mass is 607 g/mol. The van der Waals surface area contributed by atoms with Crippen LogP contribution in [-0.4, -0.2) is 40.7 Å². The lowest BCUT2D eigenvalue weighted by Gasteiger charge is -2.26. The molecule has 12 heteroatoms. The number of hydrogen-bond acceptors (Lipinski definition) is 5. The van der Waals surface area contributed by atoms with Gasteiger partial charge in [0, 0.05) is 5.56 Å². The number of para-hydroxylation sites is 1. The number of rotatable bonds is 11. The molecule has 0 fully saturated rings. The summed E-state index contributed by atoms with van der Waals surface area (Å²) in [6.45, 7) is -0.526. The number of carbonyl (C=O) groups is 3. The number of benzene rings is 4. The van der Waals surface area contributed by atoms with Crippen LogP contribution >= 0.6 is 0 Å². The lowest BCUT2D eigenvalue weighted by atomic mass is 10.1. The molecule has 0 saturated heterocycles. The van der Waals surface area contributed by atoms with E-state index in [1.165, 1.54) is 0 Å². The fourth-order valence-corrected chi connectivity index (χ4v) is 3.94. The van der Waals surface area contributed by atoms with E-state index < -0.39 is 35.7 Å². The van der Waals surface area contributed by atoms with Crippen LogP contribution in [0.2, 0.25) is 0 Å². The number of nitrogens with one attached hydrogen (secondary N) is 2. The summed E-state index contributed by atoms with van der Waals surface area (Å²) in [4.78, 5) is 38.2. The standard InChI is InChI=1S/C32H28F3N3O6/c33-32(34,35)25-16-14-24(15-17-25)29(39)37-38(19-23-10-7-13-27(18-23)44-26-11-5-2-6-12-26)31(42)36-28(30(40)41)21-43-20-22-8-3-1-4-9-22/h1-18,28H,19-21H2,(H,36,42)(H,37,39)(H,40,41). The SMILES string of the molecule is O=C(NN(Cc1cccc(Oc2ccccc2)c1)C(=O)NC(COCc1ccccc1)C(=O)O)c1ccc(C(F)(F)F)cc1. The highest BCUT2D eigenvalue weighted by atomic mass is 19.4. The number of urea groups is 1. The van der Waals surface area contributed by atoms with Gasteiger partial charge in [0.2, 0.25) is 0 Å². The van der Waals surface area contributed by atoms with Gasteiger partial charge in [0.1, 0.15) is 11.5 Å². The van der Waals surface area contributed by atoms with Gasteiger partial charge in [0.15, 0.2) is 6.04 Å². The third kappa shape index (κ3) is 9.33. The Morgan fingerprint density at radius 1 is 0.795 bits per heavy atom. The van der Waals surface area contributed by atoms with Crippen LogP contribution in [0.25, 0.3) is 0 Å². The third-order valence-corrected chi connectivity index (χ3v) is 6.17. The number of carboxylic acid groups (broad SMARTS) is 1. The Balaban J connectivity index is 1.51. The highest BCUT2D eigenvalue weighted by Gasteiger charge is 2.30. The molecule has 3 amide bonds. The largest absolute Gasteiger partial charge is 0.480 e. The Morgan fingerprint density at radius 3 is 2.05 bits per heavy atom. The zero-order valence-corrected chi connectivity index (χ0v) is 23.2. The molecule has 1 atom stereocenters. The Labute approximate surface area is 250 Å². The van der Waals surface area contributed by atoms with Crippen molar-refractivity contribution in [2.24, 2.45) is 0 Å². The summed E-state index contributed by atoms with van der Waals surface area (Å²) in [6.07, 6.45) is -4.60. The maximum Gasteiger partial charge on any atom is 0.416 e. The van der Waals surface area contributed by atoms with Gasteiger partial charge in [-0.15, -0.1) is 0 Å². The summed E-state index contributed by atoms with van der Waals surface area (Å²) < 4.78 is 50.3. The molecule has 3 N–H and O–H groups in total. The lowest BCUT2D eigenvalue weighted by Crippen LogP contribution is -2.55. The molecule has 4 aromatic rings. The first-order valence-corrected chi connectivity index (χ1v) is 13.3. The van der Waals surface area contributed by atoms with E-state index in [2.05, 4.69) is 10.7 Å². The van der Waals surface area contributed by atoms with Crippen LogP contribution in [0.15, 0.2) is 109 Å². The molecule has 9 nitrogen and oxygen atoms in total. The summed E-state index contributed by atoms with van der Waals surface area (Å²) in [5.41, 5.74) is 2.55. The second kappa shape index (κ2) is 14.7. The van der Waals surface area contributed by atoms with E-state index in [4.69, 9.17) is 9.47 Å². The summed E-state index contributed by atoms with van der Waals surface area (Å²) in [7, 11) is 0. The first kappa shape index (κ1) is 31.6. The van der Waals surface area contributed by atoms with Gasteiger partial charge in [0.25, 0.3) is 5.91 Å². The molecule has 0 radical (unpaired) electrons. The number of carboxylic acids is 1. The highest BCUT2D eigenvalue weighted by Crippen LogP contribution is 2.29. The van der Waals surface area contributed by atoms with Gasteiger partial charge < -0.3 is 19.9 Å². The number of aliphatic carboxylic acids is 1. The van der Waals surface area contributed by atoms with Crippen LogP contribution in [0.3, 0.4) is 0 Å². The van der Waals surface area contributed by atoms with Gasteiger partial charge in [-0.3, -0.25) is 10.2 Å². The molecule has 44 heavy (non-hydrogen) atoms. The Hall–Kier alpha value is -5.36. The lowest BCUT2D eigenvalue weighted by molar-refractivity contribution is -0.141. The quantitative estimate of drug-likeness (QED) is 0.180. The van der Waals surface area contributed by atoms with Gasteiger partial charge in [-0.25, -0.2) is 14.6 Å². The van der Waals surface area contributed by atoms with E-state index in [-0.39, 0.29) is 25.3 Å². The van der Waals surface area contributed by atoms with Crippen molar-refractivity contribution in [1.82, 2.24) is 15.8 Å². The number of nitrogens with zero attached hydrogens (tertiary/aromatic N) is 1.